The lowest BCUT2D eigenvalue weighted by Crippen LogP contribution is -2.28. The Morgan fingerprint density at radius 3 is 1.59 bits per heavy atom. The van der Waals surface area contributed by atoms with Crippen molar-refractivity contribution in [1.29, 1.82) is 0 Å². The summed E-state index contributed by atoms with van der Waals surface area (Å²) in [5.41, 5.74) is 0. The van der Waals surface area contributed by atoms with Crippen molar-refractivity contribution in [3.8, 4) is 0 Å². The first-order valence-electron chi connectivity index (χ1n) is 6.02. The van der Waals surface area contributed by atoms with Crippen LogP contribution in [-0.4, -0.2) is 48.2 Å². The Kier molecular flexibility index (Phi) is 11.2. The minimum atomic E-state index is -0.344. The number of carbonyl (C=O) groups is 2. The lowest BCUT2D eigenvalue weighted by Gasteiger charge is -2.22. The summed E-state index contributed by atoms with van der Waals surface area (Å²) in [6.07, 6.45) is 4.42. The standard InChI is InChI=1S/C12H22O5/c13-7-3-1-5-11(9-15)17-12(10-16)6-2-4-8-14/h7-8,11-12,15-16H,1-6,9-10H2. The van der Waals surface area contributed by atoms with Gasteiger partial charge in [0.05, 0.1) is 25.4 Å². The van der Waals surface area contributed by atoms with E-state index in [2.05, 4.69) is 0 Å². The van der Waals surface area contributed by atoms with Crippen LogP contribution < -0.4 is 0 Å². The SMILES string of the molecule is O=CCCCC(CO)OC(CO)CCCC=O. The number of unbranched alkanes of at least 4 members (excludes halogenated alkanes) is 2. The molecule has 5 nitrogen and oxygen atoms in total. The van der Waals surface area contributed by atoms with Crippen LogP contribution in [0, 0.1) is 0 Å². The minimum Gasteiger partial charge on any atom is -0.394 e. The molecule has 0 aliphatic carbocycles. The van der Waals surface area contributed by atoms with Gasteiger partial charge in [-0.05, 0) is 25.7 Å². The fourth-order valence-corrected chi connectivity index (χ4v) is 1.53. The Labute approximate surface area is 102 Å². The van der Waals surface area contributed by atoms with Crippen molar-refractivity contribution in [2.45, 2.75) is 50.7 Å². The van der Waals surface area contributed by atoms with Crippen LogP contribution in [0.15, 0.2) is 0 Å². The van der Waals surface area contributed by atoms with Gasteiger partial charge >= 0.3 is 0 Å². The van der Waals surface area contributed by atoms with Gasteiger partial charge in [0.1, 0.15) is 12.6 Å². The van der Waals surface area contributed by atoms with Crippen LogP contribution in [-0.2, 0) is 14.3 Å². The molecule has 0 spiro atoms. The summed E-state index contributed by atoms with van der Waals surface area (Å²) in [5.74, 6) is 0. The van der Waals surface area contributed by atoms with Crippen molar-refractivity contribution in [3.05, 3.63) is 0 Å². The number of hydrogen-bond donors (Lipinski definition) is 2. The van der Waals surface area contributed by atoms with Crippen LogP contribution in [0.3, 0.4) is 0 Å². The Morgan fingerprint density at radius 1 is 0.882 bits per heavy atom. The van der Waals surface area contributed by atoms with Gasteiger partial charge in [-0.3, -0.25) is 0 Å². The molecule has 0 aromatic rings. The molecular formula is C12H22O5. The Balaban J connectivity index is 3.84. The van der Waals surface area contributed by atoms with E-state index in [1.165, 1.54) is 0 Å². The molecule has 0 radical (unpaired) electrons. The monoisotopic (exact) mass is 246 g/mol. The lowest BCUT2D eigenvalue weighted by atomic mass is 10.1. The highest BCUT2D eigenvalue weighted by molar-refractivity contribution is 5.49. The van der Waals surface area contributed by atoms with Gasteiger partial charge < -0.3 is 24.5 Å². The van der Waals surface area contributed by atoms with E-state index in [4.69, 9.17) is 14.9 Å². The van der Waals surface area contributed by atoms with Crippen molar-refractivity contribution < 1.29 is 24.5 Å². The molecule has 0 aromatic carbocycles. The number of aldehydes is 2. The highest BCUT2D eigenvalue weighted by Crippen LogP contribution is 2.11. The fourth-order valence-electron chi connectivity index (χ4n) is 1.53. The Hall–Kier alpha value is -0.780. The molecule has 5 heteroatoms. The van der Waals surface area contributed by atoms with Crippen molar-refractivity contribution >= 4 is 12.6 Å². The third kappa shape index (κ3) is 8.97. The Morgan fingerprint density at radius 2 is 1.29 bits per heavy atom. The van der Waals surface area contributed by atoms with Gasteiger partial charge in [-0.1, -0.05) is 0 Å². The number of aliphatic hydroxyl groups is 2. The maximum absolute atomic E-state index is 10.2. The van der Waals surface area contributed by atoms with E-state index < -0.39 is 0 Å². The summed E-state index contributed by atoms with van der Waals surface area (Å²) in [7, 11) is 0. The number of hydrogen-bond acceptors (Lipinski definition) is 5. The van der Waals surface area contributed by atoms with Crippen LogP contribution in [0.2, 0.25) is 0 Å². The molecule has 0 bridgehead atoms. The molecule has 0 aliphatic rings. The highest BCUT2D eigenvalue weighted by atomic mass is 16.5. The van der Waals surface area contributed by atoms with E-state index in [9.17, 15) is 9.59 Å². The predicted octanol–water partition coefficient (Wildman–Crippen LogP) is 0.463. The van der Waals surface area contributed by atoms with Gasteiger partial charge in [-0.25, -0.2) is 0 Å². The van der Waals surface area contributed by atoms with Gasteiger partial charge in [0, 0.05) is 12.8 Å². The van der Waals surface area contributed by atoms with Gasteiger partial charge in [0.25, 0.3) is 0 Å². The van der Waals surface area contributed by atoms with Crippen molar-refractivity contribution in [2.24, 2.45) is 0 Å². The van der Waals surface area contributed by atoms with Crippen LogP contribution >= 0.6 is 0 Å². The van der Waals surface area contributed by atoms with Crippen molar-refractivity contribution in [1.82, 2.24) is 0 Å². The zero-order valence-electron chi connectivity index (χ0n) is 10.1. The summed E-state index contributed by atoms with van der Waals surface area (Å²) < 4.78 is 5.51. The second-order valence-electron chi connectivity index (χ2n) is 3.94. The number of aliphatic hydroxyl groups excluding tert-OH is 2. The second-order valence-corrected chi connectivity index (χ2v) is 3.94. The van der Waals surface area contributed by atoms with Crippen LogP contribution in [0.25, 0.3) is 0 Å². The summed E-state index contributed by atoms with van der Waals surface area (Å²) in [4.78, 5) is 20.3. The Bertz CT molecular complexity index is 175. The molecule has 0 aliphatic heterocycles. The third-order valence-corrected chi connectivity index (χ3v) is 2.49. The van der Waals surface area contributed by atoms with E-state index in [1.54, 1.807) is 0 Å². The first kappa shape index (κ1) is 16.2. The maximum Gasteiger partial charge on any atom is 0.119 e. The van der Waals surface area contributed by atoms with Crippen LogP contribution in [0.1, 0.15) is 38.5 Å². The molecule has 0 heterocycles. The second kappa shape index (κ2) is 11.7. The fraction of sp³-hybridized carbons (Fsp3) is 0.833. The predicted molar refractivity (Wildman–Crippen MR) is 62.7 cm³/mol. The summed E-state index contributed by atoms with van der Waals surface area (Å²) >= 11 is 0. The largest absolute Gasteiger partial charge is 0.394 e. The molecular weight excluding hydrogens is 224 g/mol. The van der Waals surface area contributed by atoms with E-state index in [1.807, 2.05) is 0 Å². The highest BCUT2D eigenvalue weighted by Gasteiger charge is 2.15. The first-order valence-corrected chi connectivity index (χ1v) is 6.02. The molecule has 0 amide bonds. The lowest BCUT2D eigenvalue weighted by molar-refractivity contribution is -0.108. The van der Waals surface area contributed by atoms with E-state index >= 15 is 0 Å². The average Bonchev–Trinajstić information content (AvgIpc) is 2.36. The van der Waals surface area contributed by atoms with Crippen LogP contribution in [0.4, 0.5) is 0 Å². The minimum absolute atomic E-state index is 0.122. The molecule has 0 rings (SSSR count). The summed E-state index contributed by atoms with van der Waals surface area (Å²) in [6.45, 7) is -0.244. The smallest absolute Gasteiger partial charge is 0.119 e. The van der Waals surface area contributed by atoms with Gasteiger partial charge in [-0.15, -0.1) is 0 Å². The maximum atomic E-state index is 10.2. The third-order valence-electron chi connectivity index (χ3n) is 2.49. The molecule has 0 fully saturated rings. The number of carbonyl (C=O) groups excluding carboxylic acids is 2. The molecule has 0 saturated heterocycles. The molecule has 2 N–H and O–H groups in total. The molecule has 2 atom stereocenters. The topological polar surface area (TPSA) is 83.8 Å². The van der Waals surface area contributed by atoms with Crippen molar-refractivity contribution in [2.75, 3.05) is 13.2 Å². The molecule has 17 heavy (non-hydrogen) atoms. The molecule has 100 valence electrons. The molecule has 0 saturated carbocycles. The summed E-state index contributed by atoms with van der Waals surface area (Å²) in [5, 5.41) is 18.2. The van der Waals surface area contributed by atoms with E-state index in [0.29, 0.717) is 38.5 Å². The average molecular weight is 246 g/mol. The van der Waals surface area contributed by atoms with Crippen LogP contribution in [0.5, 0.6) is 0 Å². The quantitative estimate of drug-likeness (QED) is 0.386. The molecule has 0 aromatic heterocycles. The van der Waals surface area contributed by atoms with Gasteiger partial charge in [0.2, 0.25) is 0 Å². The van der Waals surface area contributed by atoms with Gasteiger partial charge in [-0.2, -0.15) is 0 Å². The van der Waals surface area contributed by atoms with Crippen molar-refractivity contribution in [3.63, 3.8) is 0 Å². The zero-order valence-corrected chi connectivity index (χ0v) is 10.1. The normalized spacial score (nSPS) is 14.2. The van der Waals surface area contributed by atoms with E-state index in [0.717, 1.165) is 12.6 Å². The molecule has 2 unspecified atom stereocenters. The van der Waals surface area contributed by atoms with E-state index in [-0.39, 0.29) is 25.4 Å². The zero-order chi connectivity index (χ0) is 12.9. The number of rotatable bonds is 12. The summed E-state index contributed by atoms with van der Waals surface area (Å²) in [6, 6.07) is 0. The van der Waals surface area contributed by atoms with Gasteiger partial charge in [0.15, 0.2) is 0 Å². The first-order chi connectivity index (χ1) is 8.28. The number of ether oxygens (including phenoxy) is 1.